The molecule has 3 aromatic rings. The third kappa shape index (κ3) is 5.47. The molecule has 5 atom stereocenters. The molecule has 1 aliphatic rings. The maximum atomic E-state index is 13.5. The topological polar surface area (TPSA) is 206 Å². The molecule has 13 nitrogen and oxygen atoms in total. The number of rotatable bonds is 7. The number of fused-ring (bicyclic) bond motifs is 1. The number of hydrogen-bond donors (Lipinski definition) is 6. The highest BCUT2D eigenvalue weighted by Crippen LogP contribution is 2.39. The first-order valence-corrected chi connectivity index (χ1v) is 11.6. The minimum Gasteiger partial charge on any atom is -0.508 e. The van der Waals surface area contributed by atoms with Crippen molar-refractivity contribution < 1.29 is 58.8 Å². The lowest BCUT2D eigenvalue weighted by molar-refractivity contribution is -0.278. The van der Waals surface area contributed by atoms with Crippen molar-refractivity contribution in [2.45, 2.75) is 37.6 Å². The van der Waals surface area contributed by atoms with Gasteiger partial charge in [-0.25, -0.2) is 4.79 Å². The molecule has 6 N–H and O–H groups in total. The minimum absolute atomic E-state index is 0.00968. The maximum absolute atomic E-state index is 13.5. The molecule has 0 amide bonds. The molecule has 0 spiro atoms. The van der Waals surface area contributed by atoms with E-state index in [2.05, 4.69) is 0 Å². The van der Waals surface area contributed by atoms with E-state index in [4.69, 9.17) is 23.4 Å². The van der Waals surface area contributed by atoms with E-state index in [-0.39, 0.29) is 33.8 Å². The maximum Gasteiger partial charge on any atom is 0.330 e. The number of benzene rings is 2. The van der Waals surface area contributed by atoms with Crippen LogP contribution in [0.15, 0.2) is 51.7 Å². The van der Waals surface area contributed by atoms with Gasteiger partial charge in [0.2, 0.25) is 17.5 Å². The summed E-state index contributed by atoms with van der Waals surface area (Å²) in [5.41, 5.74) is -1.02. The van der Waals surface area contributed by atoms with Crippen LogP contribution in [-0.2, 0) is 14.3 Å². The van der Waals surface area contributed by atoms with Crippen LogP contribution in [0.25, 0.3) is 22.3 Å². The second kappa shape index (κ2) is 11.2. The average molecular weight is 546 g/mol. The van der Waals surface area contributed by atoms with E-state index in [0.717, 1.165) is 18.2 Å². The van der Waals surface area contributed by atoms with Crippen molar-refractivity contribution in [3.05, 3.63) is 52.7 Å². The predicted molar refractivity (Wildman–Crippen MR) is 133 cm³/mol. The summed E-state index contributed by atoms with van der Waals surface area (Å²) in [6, 6.07) is 5.92. The lowest BCUT2D eigenvalue weighted by Gasteiger charge is -2.39. The van der Waals surface area contributed by atoms with Crippen LogP contribution in [0.5, 0.6) is 28.7 Å². The van der Waals surface area contributed by atoms with Crippen LogP contribution < -0.4 is 14.9 Å². The van der Waals surface area contributed by atoms with E-state index in [1.54, 1.807) is 6.92 Å². The second-order valence-electron chi connectivity index (χ2n) is 8.58. The summed E-state index contributed by atoms with van der Waals surface area (Å²) in [6.45, 7) is 1.06. The molecular weight excluding hydrogens is 520 g/mol. The van der Waals surface area contributed by atoms with Gasteiger partial charge < -0.3 is 54.0 Å². The number of carbonyl (C=O) groups is 1. The van der Waals surface area contributed by atoms with Crippen molar-refractivity contribution >= 4 is 16.9 Å². The van der Waals surface area contributed by atoms with Gasteiger partial charge in [-0.15, -0.1) is 0 Å². The third-order valence-corrected chi connectivity index (χ3v) is 5.95. The summed E-state index contributed by atoms with van der Waals surface area (Å²) in [4.78, 5) is 25.2. The van der Waals surface area contributed by atoms with Crippen LogP contribution in [-0.4, -0.2) is 81.0 Å². The fourth-order valence-corrected chi connectivity index (χ4v) is 4.00. The van der Waals surface area contributed by atoms with Gasteiger partial charge in [-0.2, -0.15) is 0 Å². The van der Waals surface area contributed by atoms with E-state index in [0.29, 0.717) is 0 Å². The first-order valence-electron chi connectivity index (χ1n) is 11.6. The summed E-state index contributed by atoms with van der Waals surface area (Å²) in [5.74, 6) is -2.85. The largest absolute Gasteiger partial charge is 0.508 e. The molecule has 2 aromatic carbocycles. The monoisotopic (exact) mass is 546 g/mol. The van der Waals surface area contributed by atoms with Crippen LogP contribution >= 0.6 is 0 Å². The first-order chi connectivity index (χ1) is 18.5. The summed E-state index contributed by atoms with van der Waals surface area (Å²) in [5, 5.41) is 61.2. The molecule has 2 unspecified atom stereocenters. The van der Waals surface area contributed by atoms with Gasteiger partial charge in [-0.05, 0) is 25.1 Å². The summed E-state index contributed by atoms with van der Waals surface area (Å²) < 4.78 is 27.2. The number of ether oxygens (including phenoxy) is 4. The lowest BCUT2D eigenvalue weighted by Crippen LogP contribution is -2.60. The zero-order valence-corrected chi connectivity index (χ0v) is 20.7. The van der Waals surface area contributed by atoms with E-state index >= 15 is 0 Å². The summed E-state index contributed by atoms with van der Waals surface area (Å²) >= 11 is 0. The number of carbonyl (C=O) groups excluding carboxylic acids is 1. The molecule has 4 rings (SSSR count). The van der Waals surface area contributed by atoms with Crippen molar-refractivity contribution in [1.82, 2.24) is 0 Å². The Balaban J connectivity index is 1.80. The lowest BCUT2D eigenvalue weighted by atomic mass is 9.99. The Hall–Kier alpha value is -4.30. The van der Waals surface area contributed by atoms with Crippen LogP contribution in [0.4, 0.5) is 0 Å². The number of aromatic hydroxyl groups is 3. The van der Waals surface area contributed by atoms with Gasteiger partial charge in [0.15, 0.2) is 17.3 Å². The van der Waals surface area contributed by atoms with Crippen molar-refractivity contribution in [2.75, 3.05) is 13.7 Å². The van der Waals surface area contributed by atoms with Crippen LogP contribution in [0.3, 0.4) is 0 Å². The summed E-state index contributed by atoms with van der Waals surface area (Å²) in [6.07, 6.45) is -5.99. The molecule has 0 bridgehead atoms. The highest BCUT2D eigenvalue weighted by atomic mass is 16.7. The van der Waals surface area contributed by atoms with E-state index in [9.17, 15) is 40.2 Å². The number of esters is 1. The molecule has 2 heterocycles. The number of methoxy groups -OCH3 is 1. The standard InChI is InChI=1S/C26H26O13/c1-3-4-18(30)36-10-17-20(31)22(33)23(34)26(38-17)39-25-21(32)19-14(29)8-12(27)9-16(19)37-24(25)11-5-6-13(28)15(7-11)35-2/h3-9,17,20,22-23,26-29,31,33-34H,10H2,1-2H3/b4-3+/t17-,20-,22?,23?,26+/m1/s1. The molecular formula is C26H26O13. The van der Waals surface area contributed by atoms with E-state index < -0.39 is 66.0 Å². The highest BCUT2D eigenvalue weighted by molar-refractivity contribution is 5.88. The Morgan fingerprint density at radius 2 is 1.77 bits per heavy atom. The molecule has 1 aliphatic heterocycles. The van der Waals surface area contributed by atoms with Crippen molar-refractivity contribution in [2.24, 2.45) is 0 Å². The van der Waals surface area contributed by atoms with Gasteiger partial charge in [-0.1, -0.05) is 6.08 Å². The van der Waals surface area contributed by atoms with Gasteiger partial charge in [0.05, 0.1) is 7.11 Å². The number of phenols is 3. The molecule has 0 saturated carbocycles. The zero-order chi connectivity index (χ0) is 28.4. The van der Waals surface area contributed by atoms with Gasteiger partial charge in [0.25, 0.3) is 0 Å². The fraction of sp³-hybridized carbons (Fsp3) is 0.308. The molecule has 1 aromatic heterocycles. The number of hydrogen-bond acceptors (Lipinski definition) is 13. The quantitative estimate of drug-likeness (QED) is 0.180. The number of phenolic OH excluding ortho intramolecular Hbond substituents is 3. The molecule has 1 fully saturated rings. The molecule has 13 heteroatoms. The van der Waals surface area contributed by atoms with Gasteiger partial charge in [0, 0.05) is 23.8 Å². The molecule has 0 radical (unpaired) electrons. The summed E-state index contributed by atoms with van der Waals surface area (Å²) in [7, 11) is 1.30. The van der Waals surface area contributed by atoms with Gasteiger partial charge >= 0.3 is 5.97 Å². The van der Waals surface area contributed by atoms with Crippen LogP contribution in [0.1, 0.15) is 6.92 Å². The molecule has 208 valence electrons. The first kappa shape index (κ1) is 27.7. The molecule has 1 saturated heterocycles. The third-order valence-electron chi connectivity index (χ3n) is 5.95. The second-order valence-corrected chi connectivity index (χ2v) is 8.58. The highest BCUT2D eigenvalue weighted by Gasteiger charge is 2.46. The fourth-order valence-electron chi connectivity index (χ4n) is 4.00. The van der Waals surface area contributed by atoms with Crippen molar-refractivity contribution in [3.8, 4) is 40.1 Å². The normalized spacial score (nSPS) is 23.2. The predicted octanol–water partition coefficient (Wildman–Crippen LogP) is 0.891. The Bertz CT molecular complexity index is 1460. The van der Waals surface area contributed by atoms with Crippen molar-refractivity contribution in [3.63, 3.8) is 0 Å². The van der Waals surface area contributed by atoms with E-state index in [1.807, 2.05) is 0 Å². The SMILES string of the molecule is C/C=C/C(=O)OC[C@H]1O[C@@H](Oc2c(-c3ccc(O)c(OC)c3)oc3cc(O)cc(O)c3c2=O)C(O)C(O)[C@@H]1O. The van der Waals surface area contributed by atoms with E-state index in [1.165, 1.54) is 31.4 Å². The van der Waals surface area contributed by atoms with Gasteiger partial charge in [-0.3, -0.25) is 4.79 Å². The Morgan fingerprint density at radius 3 is 2.46 bits per heavy atom. The van der Waals surface area contributed by atoms with Crippen molar-refractivity contribution in [1.29, 1.82) is 0 Å². The smallest absolute Gasteiger partial charge is 0.330 e. The molecule has 39 heavy (non-hydrogen) atoms. The Morgan fingerprint density at radius 1 is 1.03 bits per heavy atom. The van der Waals surface area contributed by atoms with Crippen LogP contribution in [0.2, 0.25) is 0 Å². The zero-order valence-electron chi connectivity index (χ0n) is 20.7. The number of aliphatic hydroxyl groups excluding tert-OH is 3. The van der Waals surface area contributed by atoms with Gasteiger partial charge in [0.1, 0.15) is 53.5 Å². The molecule has 0 aliphatic carbocycles. The Kier molecular flexibility index (Phi) is 7.97. The average Bonchev–Trinajstić information content (AvgIpc) is 2.89. The number of aliphatic hydroxyl groups is 3. The van der Waals surface area contributed by atoms with Crippen LogP contribution in [0, 0.1) is 0 Å². The minimum atomic E-state index is -1.88. The number of allylic oxidation sites excluding steroid dienone is 1. The Labute approximate surface area is 220 Å².